The molecule has 1 rings (SSSR count). The van der Waals surface area contributed by atoms with E-state index in [0.717, 1.165) is 5.56 Å². The number of esters is 1. The van der Waals surface area contributed by atoms with Gasteiger partial charge in [-0.25, -0.2) is 4.79 Å². The van der Waals surface area contributed by atoms with Gasteiger partial charge in [-0.2, -0.15) is 0 Å². The number of carbonyl (C=O) groups excluding carboxylic acids is 2. The maximum absolute atomic E-state index is 12.2. The van der Waals surface area contributed by atoms with E-state index in [4.69, 9.17) is 10.5 Å². The minimum absolute atomic E-state index is 0.259. The smallest absolute Gasteiger partial charge is 0.328 e. The van der Waals surface area contributed by atoms with E-state index in [-0.39, 0.29) is 11.8 Å². The molecule has 0 fully saturated rings. The molecule has 0 aromatic heterocycles. The molecule has 3 N–H and O–H groups in total. The molecule has 0 heterocycles. The Balaban J connectivity index is 2.90. The predicted molar refractivity (Wildman–Crippen MR) is 78.3 cm³/mol. The SMILES string of the molecule is COC(=O)C(CC(C)C)NC(=O)c1cc(C)ccc1N. The van der Waals surface area contributed by atoms with Crippen LogP contribution in [0.5, 0.6) is 0 Å². The van der Waals surface area contributed by atoms with Gasteiger partial charge >= 0.3 is 5.97 Å². The summed E-state index contributed by atoms with van der Waals surface area (Å²) in [4.78, 5) is 23.9. The van der Waals surface area contributed by atoms with E-state index in [0.29, 0.717) is 17.7 Å². The Morgan fingerprint density at radius 3 is 2.55 bits per heavy atom. The third-order valence-corrected chi connectivity index (χ3v) is 2.95. The topological polar surface area (TPSA) is 81.4 Å². The van der Waals surface area contributed by atoms with Gasteiger partial charge in [0.2, 0.25) is 0 Å². The van der Waals surface area contributed by atoms with Crippen LogP contribution in [0.2, 0.25) is 0 Å². The zero-order chi connectivity index (χ0) is 15.3. The minimum Gasteiger partial charge on any atom is -0.467 e. The van der Waals surface area contributed by atoms with Crippen LogP contribution in [0.1, 0.15) is 36.2 Å². The van der Waals surface area contributed by atoms with Crippen LogP contribution >= 0.6 is 0 Å². The standard InChI is InChI=1S/C15H22N2O3/c1-9(2)7-13(15(19)20-4)17-14(18)11-8-10(3)5-6-12(11)16/h5-6,8-9,13H,7,16H2,1-4H3,(H,17,18). The highest BCUT2D eigenvalue weighted by atomic mass is 16.5. The number of nitrogens with one attached hydrogen (secondary N) is 1. The Morgan fingerprint density at radius 1 is 1.35 bits per heavy atom. The summed E-state index contributed by atoms with van der Waals surface area (Å²) in [7, 11) is 1.31. The first-order valence-corrected chi connectivity index (χ1v) is 6.60. The lowest BCUT2D eigenvalue weighted by Crippen LogP contribution is -2.42. The molecule has 0 saturated heterocycles. The van der Waals surface area contributed by atoms with Gasteiger partial charge in [-0.15, -0.1) is 0 Å². The fourth-order valence-electron chi connectivity index (χ4n) is 1.93. The lowest BCUT2D eigenvalue weighted by Gasteiger charge is -2.19. The molecule has 1 aromatic carbocycles. The molecule has 0 saturated carbocycles. The number of ether oxygens (including phenoxy) is 1. The van der Waals surface area contributed by atoms with Gasteiger partial charge in [0.1, 0.15) is 6.04 Å². The Labute approximate surface area is 119 Å². The second-order valence-electron chi connectivity index (χ2n) is 5.27. The van der Waals surface area contributed by atoms with E-state index in [1.165, 1.54) is 7.11 Å². The summed E-state index contributed by atoms with van der Waals surface area (Å²) in [6, 6.07) is 4.55. The van der Waals surface area contributed by atoms with Gasteiger partial charge in [-0.05, 0) is 31.4 Å². The lowest BCUT2D eigenvalue weighted by molar-refractivity contribution is -0.143. The molecular formula is C15H22N2O3. The van der Waals surface area contributed by atoms with Crippen molar-refractivity contribution in [1.82, 2.24) is 5.32 Å². The van der Waals surface area contributed by atoms with Crippen molar-refractivity contribution in [2.45, 2.75) is 33.2 Å². The zero-order valence-corrected chi connectivity index (χ0v) is 12.4. The van der Waals surface area contributed by atoms with Gasteiger partial charge in [0.05, 0.1) is 12.7 Å². The molecule has 0 bridgehead atoms. The van der Waals surface area contributed by atoms with Gasteiger partial charge in [0.15, 0.2) is 0 Å². The molecule has 1 atom stereocenters. The van der Waals surface area contributed by atoms with Crippen molar-refractivity contribution in [2.75, 3.05) is 12.8 Å². The monoisotopic (exact) mass is 278 g/mol. The third kappa shape index (κ3) is 4.26. The van der Waals surface area contributed by atoms with Crippen LogP contribution in [0.4, 0.5) is 5.69 Å². The van der Waals surface area contributed by atoms with Gasteiger partial charge < -0.3 is 15.8 Å². The second kappa shape index (κ2) is 6.93. The molecule has 0 spiro atoms. The summed E-state index contributed by atoms with van der Waals surface area (Å²) < 4.78 is 4.72. The van der Waals surface area contributed by atoms with Crippen LogP contribution < -0.4 is 11.1 Å². The number of carbonyl (C=O) groups is 2. The Bertz CT molecular complexity index is 498. The number of hydrogen-bond acceptors (Lipinski definition) is 4. The molecule has 0 aliphatic carbocycles. The van der Waals surface area contributed by atoms with Gasteiger partial charge in [0, 0.05) is 5.69 Å². The number of benzene rings is 1. The number of rotatable bonds is 5. The van der Waals surface area contributed by atoms with Crippen LogP contribution in [0.25, 0.3) is 0 Å². The summed E-state index contributed by atoms with van der Waals surface area (Å²) in [5.41, 5.74) is 7.50. The van der Waals surface area contributed by atoms with Crippen molar-refractivity contribution in [1.29, 1.82) is 0 Å². The highest BCUT2D eigenvalue weighted by Crippen LogP contribution is 2.15. The Hall–Kier alpha value is -2.04. The minimum atomic E-state index is -0.660. The summed E-state index contributed by atoms with van der Waals surface area (Å²) in [6.45, 7) is 5.83. The van der Waals surface area contributed by atoms with Crippen molar-refractivity contribution in [3.8, 4) is 0 Å². The normalized spacial score (nSPS) is 12.1. The number of amides is 1. The van der Waals surface area contributed by atoms with Gasteiger partial charge in [0.25, 0.3) is 5.91 Å². The maximum Gasteiger partial charge on any atom is 0.328 e. The number of nitrogen functional groups attached to an aromatic ring is 1. The zero-order valence-electron chi connectivity index (χ0n) is 12.4. The predicted octanol–water partition coefficient (Wildman–Crippen LogP) is 1.89. The molecule has 20 heavy (non-hydrogen) atoms. The molecule has 0 radical (unpaired) electrons. The lowest BCUT2D eigenvalue weighted by atomic mass is 10.0. The summed E-state index contributed by atoms with van der Waals surface area (Å²) in [5.74, 6) is -0.546. The molecule has 0 aliphatic rings. The molecule has 1 unspecified atom stereocenters. The quantitative estimate of drug-likeness (QED) is 0.636. The van der Waals surface area contributed by atoms with Gasteiger partial charge in [-0.3, -0.25) is 4.79 Å². The first-order valence-electron chi connectivity index (χ1n) is 6.60. The Kier molecular flexibility index (Phi) is 5.55. The molecule has 1 amide bonds. The summed E-state index contributed by atoms with van der Waals surface area (Å²) in [6.07, 6.45) is 0.518. The number of nitrogens with two attached hydrogens (primary N) is 1. The van der Waals surface area contributed by atoms with E-state index < -0.39 is 12.0 Å². The van der Waals surface area contributed by atoms with E-state index in [9.17, 15) is 9.59 Å². The molecular weight excluding hydrogens is 256 g/mol. The first-order chi connectivity index (χ1) is 9.35. The van der Waals surface area contributed by atoms with E-state index >= 15 is 0 Å². The van der Waals surface area contributed by atoms with Crippen LogP contribution in [0.15, 0.2) is 18.2 Å². The van der Waals surface area contributed by atoms with Gasteiger partial charge in [-0.1, -0.05) is 25.5 Å². The molecule has 0 aliphatic heterocycles. The molecule has 110 valence electrons. The highest BCUT2D eigenvalue weighted by molar-refractivity contribution is 6.01. The summed E-state index contributed by atoms with van der Waals surface area (Å²) >= 11 is 0. The Morgan fingerprint density at radius 2 is 2.00 bits per heavy atom. The van der Waals surface area contributed by atoms with Crippen molar-refractivity contribution in [3.63, 3.8) is 0 Å². The molecule has 5 nitrogen and oxygen atoms in total. The first kappa shape index (κ1) is 16.0. The van der Waals surface area contributed by atoms with Crippen molar-refractivity contribution >= 4 is 17.6 Å². The fourth-order valence-corrected chi connectivity index (χ4v) is 1.93. The van der Waals surface area contributed by atoms with Crippen molar-refractivity contribution in [3.05, 3.63) is 29.3 Å². The summed E-state index contributed by atoms with van der Waals surface area (Å²) in [5, 5.41) is 2.69. The van der Waals surface area contributed by atoms with E-state index in [1.54, 1.807) is 12.1 Å². The number of anilines is 1. The number of hydrogen-bond donors (Lipinski definition) is 2. The third-order valence-electron chi connectivity index (χ3n) is 2.95. The number of aryl methyl sites for hydroxylation is 1. The van der Waals surface area contributed by atoms with Crippen LogP contribution in [0, 0.1) is 12.8 Å². The molecule has 1 aromatic rings. The number of methoxy groups -OCH3 is 1. The molecule has 5 heteroatoms. The largest absolute Gasteiger partial charge is 0.467 e. The second-order valence-corrected chi connectivity index (χ2v) is 5.27. The van der Waals surface area contributed by atoms with Crippen molar-refractivity contribution < 1.29 is 14.3 Å². The van der Waals surface area contributed by atoms with Crippen LogP contribution in [0.3, 0.4) is 0 Å². The van der Waals surface area contributed by atoms with Crippen LogP contribution in [-0.4, -0.2) is 25.0 Å². The van der Waals surface area contributed by atoms with E-state index in [2.05, 4.69) is 5.32 Å². The fraction of sp³-hybridized carbons (Fsp3) is 0.467. The average Bonchev–Trinajstić information content (AvgIpc) is 2.39. The van der Waals surface area contributed by atoms with E-state index in [1.807, 2.05) is 26.8 Å². The maximum atomic E-state index is 12.2. The highest BCUT2D eigenvalue weighted by Gasteiger charge is 2.23. The van der Waals surface area contributed by atoms with Crippen molar-refractivity contribution in [2.24, 2.45) is 5.92 Å². The van der Waals surface area contributed by atoms with Crippen LogP contribution in [-0.2, 0) is 9.53 Å². The average molecular weight is 278 g/mol.